The van der Waals surface area contributed by atoms with Crippen LogP contribution in [-0.4, -0.2) is 42.2 Å². The Morgan fingerprint density at radius 3 is 2.56 bits per heavy atom. The summed E-state index contributed by atoms with van der Waals surface area (Å²) in [5.74, 6) is 1.67. The highest BCUT2D eigenvalue weighted by molar-refractivity contribution is 5.70. The minimum absolute atomic E-state index is 0.216. The Morgan fingerprint density at radius 2 is 1.76 bits per heavy atom. The second-order valence-corrected chi connectivity index (χ2v) is 9.23. The van der Waals surface area contributed by atoms with Crippen molar-refractivity contribution in [2.45, 2.75) is 44.7 Å². The number of rotatable bonds is 7. The summed E-state index contributed by atoms with van der Waals surface area (Å²) in [5, 5.41) is 10.6. The molecule has 1 aliphatic carbocycles. The second-order valence-electron chi connectivity index (χ2n) is 9.23. The molecule has 1 saturated heterocycles. The number of nitrogens with one attached hydrogen (secondary N) is 3. The van der Waals surface area contributed by atoms with Gasteiger partial charge in [-0.15, -0.1) is 0 Å². The summed E-state index contributed by atoms with van der Waals surface area (Å²) in [4.78, 5) is 11.9. The predicted octanol–water partition coefficient (Wildman–Crippen LogP) is 5.05. The van der Waals surface area contributed by atoms with Crippen molar-refractivity contribution >= 4 is 17.3 Å². The van der Waals surface area contributed by atoms with Crippen molar-refractivity contribution in [2.24, 2.45) is 0 Å². The van der Waals surface area contributed by atoms with Crippen LogP contribution in [0.1, 0.15) is 37.7 Å². The van der Waals surface area contributed by atoms with Crippen LogP contribution in [0.4, 0.5) is 21.7 Å². The molecular weight excluding hydrogens is 427 g/mol. The molecule has 0 amide bonds. The lowest BCUT2D eigenvalue weighted by atomic mass is 9.95. The van der Waals surface area contributed by atoms with Gasteiger partial charge in [-0.1, -0.05) is 31.4 Å². The Hall–Kier alpha value is -3.19. The number of hydrogen-bond acceptors (Lipinski definition) is 6. The lowest BCUT2D eigenvalue weighted by Gasteiger charge is -2.29. The fraction of sp³-hybridized carbons (Fsp3) is 0.407. The summed E-state index contributed by atoms with van der Waals surface area (Å²) >= 11 is 0. The fourth-order valence-corrected chi connectivity index (χ4v) is 4.75. The SMILES string of the molecule is Fc1ccc(CNc2cc(-c3ccnc(NC4CCCCC4)c3)nc(N3CCNCC3)c2)cc1. The number of halogens is 1. The Balaban J connectivity index is 1.40. The van der Waals surface area contributed by atoms with E-state index >= 15 is 0 Å². The van der Waals surface area contributed by atoms with Crippen LogP contribution >= 0.6 is 0 Å². The smallest absolute Gasteiger partial charge is 0.131 e. The van der Waals surface area contributed by atoms with Crippen LogP contribution < -0.4 is 20.9 Å². The van der Waals surface area contributed by atoms with Gasteiger partial charge >= 0.3 is 0 Å². The Bertz CT molecular complexity index is 1070. The molecule has 34 heavy (non-hydrogen) atoms. The zero-order valence-electron chi connectivity index (χ0n) is 19.6. The molecule has 3 aromatic rings. The van der Waals surface area contributed by atoms with Crippen molar-refractivity contribution in [3.63, 3.8) is 0 Å². The molecule has 0 bridgehead atoms. The first-order chi connectivity index (χ1) is 16.7. The van der Waals surface area contributed by atoms with Gasteiger partial charge in [0.25, 0.3) is 0 Å². The molecule has 0 atom stereocenters. The minimum Gasteiger partial charge on any atom is -0.381 e. The fourth-order valence-electron chi connectivity index (χ4n) is 4.75. The van der Waals surface area contributed by atoms with Gasteiger partial charge in [0.15, 0.2) is 0 Å². The quantitative estimate of drug-likeness (QED) is 0.459. The molecule has 5 rings (SSSR count). The standard InChI is InChI=1S/C27H33FN6/c28-22-8-6-20(7-9-22)19-31-24-17-25(33-27(18-24)34-14-12-29-13-15-34)21-10-11-30-26(16-21)32-23-4-2-1-3-5-23/h6-11,16-18,23,29H,1-5,12-15,19H2,(H,30,32)(H,31,33). The highest BCUT2D eigenvalue weighted by Gasteiger charge is 2.16. The predicted molar refractivity (Wildman–Crippen MR) is 137 cm³/mol. The van der Waals surface area contributed by atoms with Gasteiger partial charge in [-0.2, -0.15) is 0 Å². The molecular formula is C27H33FN6. The molecule has 178 valence electrons. The third-order valence-electron chi connectivity index (χ3n) is 6.68. The van der Waals surface area contributed by atoms with E-state index in [1.807, 2.05) is 24.4 Å². The van der Waals surface area contributed by atoms with Crippen molar-refractivity contribution in [1.82, 2.24) is 15.3 Å². The van der Waals surface area contributed by atoms with Crippen molar-refractivity contribution < 1.29 is 4.39 Å². The van der Waals surface area contributed by atoms with Gasteiger partial charge in [0.05, 0.1) is 5.69 Å². The first-order valence-electron chi connectivity index (χ1n) is 12.4. The molecule has 1 aliphatic heterocycles. The maximum absolute atomic E-state index is 13.3. The summed E-state index contributed by atoms with van der Waals surface area (Å²) in [5.41, 5.74) is 4.01. The van der Waals surface area contributed by atoms with E-state index in [-0.39, 0.29) is 5.82 Å². The monoisotopic (exact) mass is 460 g/mol. The minimum atomic E-state index is -0.216. The topological polar surface area (TPSA) is 65.1 Å². The number of pyridine rings is 2. The summed E-state index contributed by atoms with van der Waals surface area (Å²) in [6.07, 6.45) is 8.19. The summed E-state index contributed by atoms with van der Waals surface area (Å²) in [6, 6.07) is 15.5. The van der Waals surface area contributed by atoms with Gasteiger partial charge in [-0.05, 0) is 48.7 Å². The molecule has 0 spiro atoms. The number of hydrogen-bond donors (Lipinski definition) is 3. The van der Waals surface area contributed by atoms with Crippen LogP contribution in [0.3, 0.4) is 0 Å². The average molecular weight is 461 g/mol. The number of anilines is 3. The first kappa shape index (κ1) is 22.6. The number of benzene rings is 1. The van der Waals surface area contributed by atoms with Gasteiger partial charge in [0, 0.05) is 62.3 Å². The van der Waals surface area contributed by atoms with Crippen molar-refractivity contribution in [1.29, 1.82) is 0 Å². The molecule has 0 unspecified atom stereocenters. The highest BCUT2D eigenvalue weighted by atomic mass is 19.1. The third kappa shape index (κ3) is 5.83. The summed E-state index contributed by atoms with van der Waals surface area (Å²) in [6.45, 7) is 4.39. The molecule has 2 aromatic heterocycles. The third-order valence-corrected chi connectivity index (χ3v) is 6.68. The van der Waals surface area contributed by atoms with E-state index in [0.717, 1.165) is 60.3 Å². The molecule has 1 saturated carbocycles. The van der Waals surface area contributed by atoms with Crippen LogP contribution in [0.2, 0.25) is 0 Å². The largest absolute Gasteiger partial charge is 0.381 e. The van der Waals surface area contributed by atoms with Crippen molar-refractivity contribution in [3.8, 4) is 11.3 Å². The van der Waals surface area contributed by atoms with Gasteiger partial charge in [-0.3, -0.25) is 0 Å². The first-order valence-corrected chi connectivity index (χ1v) is 12.4. The second kappa shape index (κ2) is 10.8. The number of nitrogens with zero attached hydrogens (tertiary/aromatic N) is 3. The average Bonchev–Trinajstić information content (AvgIpc) is 2.89. The molecule has 2 fully saturated rings. The molecule has 3 heterocycles. The van der Waals surface area contributed by atoms with E-state index in [0.29, 0.717) is 12.6 Å². The van der Waals surface area contributed by atoms with E-state index < -0.39 is 0 Å². The Kier molecular flexibility index (Phi) is 7.19. The van der Waals surface area contributed by atoms with Gasteiger partial charge in [0.2, 0.25) is 0 Å². The van der Waals surface area contributed by atoms with Crippen LogP contribution in [0.25, 0.3) is 11.3 Å². The molecule has 7 heteroatoms. The van der Waals surface area contributed by atoms with E-state index in [1.165, 1.54) is 44.2 Å². The summed E-state index contributed by atoms with van der Waals surface area (Å²) in [7, 11) is 0. The van der Waals surface area contributed by atoms with Gasteiger partial charge < -0.3 is 20.9 Å². The Morgan fingerprint density at radius 1 is 0.971 bits per heavy atom. The van der Waals surface area contributed by atoms with Gasteiger partial charge in [0.1, 0.15) is 17.5 Å². The molecule has 3 N–H and O–H groups in total. The van der Waals surface area contributed by atoms with Crippen LogP contribution in [-0.2, 0) is 6.54 Å². The van der Waals surface area contributed by atoms with Crippen LogP contribution in [0.15, 0.2) is 54.7 Å². The molecule has 1 aromatic carbocycles. The maximum Gasteiger partial charge on any atom is 0.131 e. The van der Waals surface area contributed by atoms with Gasteiger partial charge in [-0.25, -0.2) is 14.4 Å². The number of piperazine rings is 1. The highest BCUT2D eigenvalue weighted by Crippen LogP contribution is 2.28. The lowest BCUT2D eigenvalue weighted by molar-refractivity contribution is 0.462. The maximum atomic E-state index is 13.3. The number of aromatic nitrogens is 2. The molecule has 2 aliphatic rings. The molecule has 6 nitrogen and oxygen atoms in total. The zero-order valence-corrected chi connectivity index (χ0v) is 19.6. The normalized spacial score (nSPS) is 16.9. The van der Waals surface area contributed by atoms with E-state index in [4.69, 9.17) is 4.98 Å². The zero-order chi connectivity index (χ0) is 23.2. The van der Waals surface area contributed by atoms with Crippen molar-refractivity contribution in [3.05, 3.63) is 66.1 Å². The van der Waals surface area contributed by atoms with Crippen molar-refractivity contribution in [2.75, 3.05) is 41.7 Å². The van der Waals surface area contributed by atoms with Crippen LogP contribution in [0, 0.1) is 5.82 Å². The molecule has 0 radical (unpaired) electrons. The van der Waals surface area contributed by atoms with Crippen LogP contribution in [0.5, 0.6) is 0 Å². The summed E-state index contributed by atoms with van der Waals surface area (Å²) < 4.78 is 13.3. The van der Waals surface area contributed by atoms with E-state index in [9.17, 15) is 4.39 Å². The van der Waals surface area contributed by atoms with E-state index in [1.54, 1.807) is 0 Å². The Labute approximate surface area is 201 Å². The van der Waals surface area contributed by atoms with E-state index in [2.05, 4.69) is 44.0 Å². The lowest BCUT2D eigenvalue weighted by Crippen LogP contribution is -2.43.